The van der Waals surface area contributed by atoms with E-state index in [9.17, 15) is 4.79 Å². The molecule has 0 saturated heterocycles. The van der Waals surface area contributed by atoms with E-state index in [0.29, 0.717) is 6.54 Å². The molecule has 0 aliphatic rings. The third kappa shape index (κ3) is 5.66. The van der Waals surface area contributed by atoms with Gasteiger partial charge in [-0.15, -0.1) is 0 Å². The van der Waals surface area contributed by atoms with Crippen LogP contribution in [-0.2, 0) is 22.6 Å². The van der Waals surface area contributed by atoms with Crippen molar-refractivity contribution in [3.05, 3.63) is 71.8 Å². The monoisotopic (exact) mass is 383 g/mol. The van der Waals surface area contributed by atoms with Gasteiger partial charge in [-0.3, -0.25) is 4.90 Å². The Hall–Kier alpha value is -2.17. The van der Waals surface area contributed by atoms with Crippen LogP contribution in [0, 0.1) is 0 Å². The zero-order valence-electron chi connectivity index (χ0n) is 17.8. The van der Waals surface area contributed by atoms with Crippen LogP contribution < -0.4 is 0 Å². The number of likely N-dealkylation sites (N-methyl/N-ethyl adjacent to an activating group) is 1. The Morgan fingerprint density at radius 1 is 0.857 bits per heavy atom. The predicted molar refractivity (Wildman–Crippen MR) is 115 cm³/mol. The van der Waals surface area contributed by atoms with Gasteiger partial charge < -0.3 is 9.22 Å². The van der Waals surface area contributed by atoms with Crippen molar-refractivity contribution < 1.29 is 14.0 Å². The summed E-state index contributed by atoms with van der Waals surface area (Å²) in [5.41, 5.74) is 2.51. The highest BCUT2D eigenvalue weighted by Gasteiger charge is 2.40. The summed E-state index contributed by atoms with van der Waals surface area (Å²) in [6.07, 6.45) is 0. The highest BCUT2D eigenvalue weighted by molar-refractivity contribution is 5.74. The van der Waals surface area contributed by atoms with Gasteiger partial charge in [-0.2, -0.15) is 0 Å². The van der Waals surface area contributed by atoms with E-state index in [0.717, 1.165) is 37.2 Å². The first-order valence-electron chi connectivity index (χ1n) is 10.3. The van der Waals surface area contributed by atoms with Gasteiger partial charge in [0, 0.05) is 13.1 Å². The molecular formula is C24H35N2O2+. The molecule has 4 nitrogen and oxygen atoms in total. The molecule has 1 atom stereocenters. The fourth-order valence-electron chi connectivity index (χ4n) is 4.05. The standard InChI is InChI=1S/C24H35N2O2/c1-5-26(6-2,7-3)23(24(27)28-4)20-25(18-21-14-10-8-11-15-21)19-22-16-12-9-13-17-22/h8-17,23H,5-7,18-20H2,1-4H3/q+1/t23-/m1/s1. The predicted octanol–water partition coefficient (Wildman–Crippen LogP) is 4.11. The molecule has 0 bridgehead atoms. The fraction of sp³-hybridized carbons (Fsp3) is 0.458. The molecule has 0 aromatic heterocycles. The summed E-state index contributed by atoms with van der Waals surface area (Å²) >= 11 is 0. The van der Waals surface area contributed by atoms with E-state index in [1.165, 1.54) is 18.2 Å². The summed E-state index contributed by atoms with van der Waals surface area (Å²) in [7, 11) is 1.50. The number of hydrogen-bond donors (Lipinski definition) is 0. The molecule has 0 aliphatic heterocycles. The minimum Gasteiger partial charge on any atom is -0.465 e. The topological polar surface area (TPSA) is 29.5 Å². The van der Waals surface area contributed by atoms with Crippen molar-refractivity contribution in [1.29, 1.82) is 0 Å². The van der Waals surface area contributed by atoms with E-state index in [1.54, 1.807) is 0 Å². The van der Waals surface area contributed by atoms with E-state index in [-0.39, 0.29) is 12.0 Å². The van der Waals surface area contributed by atoms with Crippen molar-refractivity contribution >= 4 is 5.97 Å². The molecule has 2 aromatic carbocycles. The lowest BCUT2D eigenvalue weighted by Gasteiger charge is -2.43. The van der Waals surface area contributed by atoms with Crippen LogP contribution >= 0.6 is 0 Å². The molecule has 0 spiro atoms. The minimum atomic E-state index is -0.197. The number of methoxy groups -OCH3 is 1. The second kappa shape index (κ2) is 11.0. The summed E-state index contributed by atoms with van der Waals surface area (Å²) < 4.78 is 5.99. The van der Waals surface area contributed by atoms with Crippen LogP contribution in [0.15, 0.2) is 60.7 Å². The number of quaternary nitrogens is 1. The van der Waals surface area contributed by atoms with Gasteiger partial charge in [0.05, 0.1) is 33.3 Å². The number of ether oxygens (including phenoxy) is 1. The second-order valence-electron chi connectivity index (χ2n) is 7.35. The number of benzene rings is 2. The molecule has 0 saturated carbocycles. The van der Waals surface area contributed by atoms with Crippen LogP contribution in [0.5, 0.6) is 0 Å². The van der Waals surface area contributed by atoms with Crippen molar-refractivity contribution in [3.8, 4) is 0 Å². The third-order valence-corrected chi connectivity index (χ3v) is 5.95. The van der Waals surface area contributed by atoms with Gasteiger partial charge in [0.2, 0.25) is 0 Å². The van der Waals surface area contributed by atoms with Gasteiger partial charge in [-0.1, -0.05) is 60.7 Å². The zero-order valence-corrected chi connectivity index (χ0v) is 17.8. The SMILES string of the molecule is CC[N+](CC)(CC)[C@H](CN(Cc1ccccc1)Cc1ccccc1)C(=O)OC. The summed E-state index contributed by atoms with van der Waals surface area (Å²) in [5, 5.41) is 0. The molecule has 0 aliphatic carbocycles. The average Bonchev–Trinajstić information content (AvgIpc) is 2.75. The highest BCUT2D eigenvalue weighted by Crippen LogP contribution is 2.19. The molecule has 0 N–H and O–H groups in total. The molecule has 0 amide bonds. The summed E-state index contributed by atoms with van der Waals surface area (Å²) in [4.78, 5) is 15.2. The van der Waals surface area contributed by atoms with Gasteiger partial charge in [0.1, 0.15) is 0 Å². The van der Waals surface area contributed by atoms with E-state index in [2.05, 4.69) is 74.2 Å². The van der Waals surface area contributed by atoms with Crippen molar-refractivity contribution in [3.63, 3.8) is 0 Å². The van der Waals surface area contributed by atoms with Gasteiger partial charge in [0.25, 0.3) is 0 Å². The van der Waals surface area contributed by atoms with Crippen molar-refractivity contribution in [2.24, 2.45) is 0 Å². The van der Waals surface area contributed by atoms with Crippen LogP contribution in [0.3, 0.4) is 0 Å². The summed E-state index contributed by atoms with van der Waals surface area (Å²) in [5.74, 6) is -0.114. The zero-order chi connectivity index (χ0) is 20.4. The molecule has 0 radical (unpaired) electrons. The number of hydrogen-bond acceptors (Lipinski definition) is 3. The van der Waals surface area contributed by atoms with Crippen molar-refractivity contribution in [2.75, 3.05) is 33.3 Å². The second-order valence-corrected chi connectivity index (χ2v) is 7.35. The first-order chi connectivity index (χ1) is 13.6. The van der Waals surface area contributed by atoms with Crippen molar-refractivity contribution in [1.82, 2.24) is 4.90 Å². The Morgan fingerprint density at radius 3 is 1.64 bits per heavy atom. The van der Waals surface area contributed by atoms with Gasteiger partial charge in [-0.05, 0) is 31.9 Å². The van der Waals surface area contributed by atoms with E-state index in [4.69, 9.17) is 4.74 Å². The summed E-state index contributed by atoms with van der Waals surface area (Å²) in [6, 6.07) is 20.7. The third-order valence-electron chi connectivity index (χ3n) is 5.95. The molecule has 2 aromatic rings. The quantitative estimate of drug-likeness (QED) is 0.432. The smallest absolute Gasteiger partial charge is 0.366 e. The van der Waals surface area contributed by atoms with Gasteiger partial charge in [-0.25, -0.2) is 4.79 Å². The lowest BCUT2D eigenvalue weighted by atomic mass is 10.1. The lowest BCUT2D eigenvalue weighted by molar-refractivity contribution is -0.938. The largest absolute Gasteiger partial charge is 0.465 e. The number of carbonyl (C=O) groups is 1. The first kappa shape index (κ1) is 22.1. The number of carbonyl (C=O) groups excluding carboxylic acids is 1. The number of rotatable bonds is 11. The first-order valence-corrected chi connectivity index (χ1v) is 10.3. The maximum Gasteiger partial charge on any atom is 0.366 e. The average molecular weight is 384 g/mol. The van der Waals surface area contributed by atoms with E-state index in [1.807, 2.05) is 12.1 Å². The molecule has 0 heterocycles. The molecule has 28 heavy (non-hydrogen) atoms. The maximum absolute atomic E-state index is 12.8. The lowest BCUT2D eigenvalue weighted by Crippen LogP contribution is -2.62. The van der Waals surface area contributed by atoms with Crippen molar-refractivity contribution in [2.45, 2.75) is 39.9 Å². The van der Waals surface area contributed by atoms with Gasteiger partial charge in [0.15, 0.2) is 6.04 Å². The van der Waals surface area contributed by atoms with Crippen LogP contribution in [-0.4, -0.2) is 54.7 Å². The molecule has 0 fully saturated rings. The molecular weight excluding hydrogens is 348 g/mol. The molecule has 152 valence electrons. The Morgan fingerprint density at radius 2 is 1.29 bits per heavy atom. The normalized spacial score (nSPS) is 12.8. The Balaban J connectivity index is 2.31. The van der Waals surface area contributed by atoms with Crippen LogP contribution in [0.1, 0.15) is 31.9 Å². The summed E-state index contributed by atoms with van der Waals surface area (Å²) in [6.45, 7) is 11.5. The highest BCUT2D eigenvalue weighted by atomic mass is 16.5. The number of nitrogens with zero attached hydrogens (tertiary/aromatic N) is 2. The Bertz CT molecular complexity index is 649. The molecule has 4 heteroatoms. The van der Waals surface area contributed by atoms with E-state index >= 15 is 0 Å². The number of esters is 1. The fourth-order valence-corrected chi connectivity index (χ4v) is 4.05. The Kier molecular flexibility index (Phi) is 8.68. The molecule has 0 unspecified atom stereocenters. The van der Waals surface area contributed by atoms with Crippen LogP contribution in [0.4, 0.5) is 0 Å². The van der Waals surface area contributed by atoms with Crippen LogP contribution in [0.2, 0.25) is 0 Å². The maximum atomic E-state index is 12.8. The minimum absolute atomic E-state index is 0.114. The molecule has 2 rings (SSSR count). The Labute approximate surface area is 170 Å². The van der Waals surface area contributed by atoms with E-state index < -0.39 is 0 Å². The van der Waals surface area contributed by atoms with Gasteiger partial charge >= 0.3 is 5.97 Å². The van der Waals surface area contributed by atoms with Crippen LogP contribution in [0.25, 0.3) is 0 Å².